The lowest BCUT2D eigenvalue weighted by Gasteiger charge is -2.14. The predicted molar refractivity (Wildman–Crippen MR) is 57.7 cm³/mol. The van der Waals surface area contributed by atoms with Crippen molar-refractivity contribution < 1.29 is 23.1 Å². The first-order valence-electron chi connectivity index (χ1n) is 4.87. The summed E-state index contributed by atoms with van der Waals surface area (Å²) in [6, 6.07) is 3.31. The largest absolute Gasteiger partial charge is 0.481 e. The molecule has 0 bridgehead atoms. The number of benzene rings is 1. The summed E-state index contributed by atoms with van der Waals surface area (Å²) in [5.74, 6) is -1.07. The van der Waals surface area contributed by atoms with Crippen LogP contribution in [0.25, 0.3) is 0 Å². The highest BCUT2D eigenvalue weighted by atomic mass is 79.9. The molecule has 1 N–H and O–H groups in total. The van der Waals surface area contributed by atoms with E-state index in [9.17, 15) is 18.0 Å². The molecule has 0 heterocycles. The summed E-state index contributed by atoms with van der Waals surface area (Å²) >= 11 is 2.98. The van der Waals surface area contributed by atoms with Crippen LogP contribution in [0.2, 0.25) is 0 Å². The molecule has 1 fully saturated rings. The van der Waals surface area contributed by atoms with Crippen molar-refractivity contribution in [3.63, 3.8) is 0 Å². The van der Waals surface area contributed by atoms with E-state index in [4.69, 9.17) is 5.11 Å². The summed E-state index contributed by atoms with van der Waals surface area (Å²) in [6.07, 6.45) is -3.70. The van der Waals surface area contributed by atoms with Crippen molar-refractivity contribution in [3.05, 3.63) is 33.8 Å². The number of alkyl halides is 3. The first-order chi connectivity index (χ1) is 7.75. The third kappa shape index (κ3) is 2.18. The van der Waals surface area contributed by atoms with E-state index < -0.39 is 23.1 Å². The van der Waals surface area contributed by atoms with Gasteiger partial charge in [-0.2, -0.15) is 13.2 Å². The van der Waals surface area contributed by atoms with Crippen LogP contribution in [-0.4, -0.2) is 11.1 Å². The molecule has 2 nitrogen and oxygen atoms in total. The maximum Gasteiger partial charge on any atom is 0.416 e. The summed E-state index contributed by atoms with van der Waals surface area (Å²) < 4.78 is 38.0. The number of carboxylic acid groups (broad SMARTS) is 1. The van der Waals surface area contributed by atoms with Crippen LogP contribution in [0.15, 0.2) is 22.7 Å². The quantitative estimate of drug-likeness (QED) is 0.906. The van der Waals surface area contributed by atoms with Gasteiger partial charge in [-0.05, 0) is 36.6 Å². The molecule has 0 unspecified atom stereocenters. The van der Waals surface area contributed by atoms with E-state index in [0.29, 0.717) is 12.8 Å². The second kappa shape index (κ2) is 3.73. The lowest BCUT2D eigenvalue weighted by Crippen LogP contribution is -2.20. The molecule has 1 aliphatic carbocycles. The Balaban J connectivity index is 2.50. The summed E-state index contributed by atoms with van der Waals surface area (Å²) in [5, 5.41) is 9.05. The van der Waals surface area contributed by atoms with Crippen LogP contribution in [0.5, 0.6) is 0 Å². The first kappa shape index (κ1) is 12.4. The van der Waals surface area contributed by atoms with Crippen LogP contribution in [0, 0.1) is 0 Å². The van der Waals surface area contributed by atoms with Gasteiger partial charge in [0, 0.05) is 4.47 Å². The van der Waals surface area contributed by atoms with Gasteiger partial charge in [-0.1, -0.05) is 15.9 Å². The Hall–Kier alpha value is -1.04. The lowest BCUT2D eigenvalue weighted by molar-refractivity contribution is -0.141. The average molecular weight is 309 g/mol. The van der Waals surface area contributed by atoms with Gasteiger partial charge in [0.25, 0.3) is 0 Å². The van der Waals surface area contributed by atoms with Gasteiger partial charge >= 0.3 is 12.1 Å². The fourth-order valence-electron chi connectivity index (χ4n) is 1.78. The highest BCUT2D eigenvalue weighted by molar-refractivity contribution is 9.10. The second-order valence-corrected chi connectivity index (χ2v) is 5.03. The molecule has 1 aromatic carbocycles. The van der Waals surface area contributed by atoms with E-state index in [-0.39, 0.29) is 10.0 Å². The number of halogens is 4. The lowest BCUT2D eigenvalue weighted by atomic mass is 9.94. The van der Waals surface area contributed by atoms with Crippen molar-refractivity contribution in [2.24, 2.45) is 0 Å². The molecule has 0 amide bonds. The maximum atomic E-state index is 12.6. The Labute approximate surface area is 104 Å². The number of carbonyl (C=O) groups is 1. The second-order valence-electron chi connectivity index (χ2n) is 4.11. The molecule has 2 rings (SSSR count). The number of carboxylic acids is 1. The molecular weight excluding hydrogens is 301 g/mol. The minimum Gasteiger partial charge on any atom is -0.481 e. The van der Waals surface area contributed by atoms with Crippen LogP contribution in [0.3, 0.4) is 0 Å². The van der Waals surface area contributed by atoms with Gasteiger partial charge in [0.1, 0.15) is 0 Å². The molecule has 92 valence electrons. The van der Waals surface area contributed by atoms with E-state index in [0.717, 1.165) is 12.1 Å². The summed E-state index contributed by atoms with van der Waals surface area (Å²) in [6.45, 7) is 0. The molecule has 1 saturated carbocycles. The number of rotatable bonds is 2. The molecule has 0 aliphatic heterocycles. The molecule has 0 radical (unpaired) electrons. The molecule has 0 atom stereocenters. The standard InChI is InChI=1S/C11H8BrF3O2/c12-8-4-6(10(1-2-10)9(16)17)3-7(5-8)11(13,14)15/h3-5H,1-2H2,(H,16,17). The third-order valence-corrected chi connectivity index (χ3v) is 3.39. The molecule has 6 heteroatoms. The van der Waals surface area contributed by atoms with Crippen molar-refractivity contribution in [3.8, 4) is 0 Å². The Morgan fingerprint density at radius 3 is 2.29 bits per heavy atom. The molecule has 1 aromatic rings. The van der Waals surface area contributed by atoms with Gasteiger partial charge in [0.05, 0.1) is 11.0 Å². The van der Waals surface area contributed by atoms with E-state index in [2.05, 4.69) is 15.9 Å². The Morgan fingerprint density at radius 2 is 1.88 bits per heavy atom. The van der Waals surface area contributed by atoms with Gasteiger partial charge in [0.15, 0.2) is 0 Å². The van der Waals surface area contributed by atoms with Crippen molar-refractivity contribution in [2.75, 3.05) is 0 Å². The van der Waals surface area contributed by atoms with Crippen LogP contribution in [0.4, 0.5) is 13.2 Å². The van der Waals surface area contributed by atoms with Crippen molar-refractivity contribution >= 4 is 21.9 Å². The van der Waals surface area contributed by atoms with Crippen molar-refractivity contribution in [1.29, 1.82) is 0 Å². The highest BCUT2D eigenvalue weighted by Gasteiger charge is 2.52. The predicted octanol–water partition coefficient (Wildman–Crippen LogP) is 3.58. The summed E-state index contributed by atoms with van der Waals surface area (Å²) in [7, 11) is 0. The third-order valence-electron chi connectivity index (χ3n) is 2.94. The van der Waals surface area contributed by atoms with Crippen molar-refractivity contribution in [2.45, 2.75) is 24.4 Å². The number of aliphatic carboxylic acids is 1. The van der Waals surface area contributed by atoms with Crippen LogP contribution >= 0.6 is 15.9 Å². The zero-order chi connectivity index (χ0) is 12.8. The van der Waals surface area contributed by atoms with Gasteiger partial charge < -0.3 is 5.11 Å². The van der Waals surface area contributed by atoms with Crippen LogP contribution in [0.1, 0.15) is 24.0 Å². The highest BCUT2D eigenvalue weighted by Crippen LogP contribution is 2.50. The molecule has 1 aliphatic rings. The van der Waals surface area contributed by atoms with Gasteiger partial charge in [-0.25, -0.2) is 0 Å². The fraction of sp³-hybridized carbons (Fsp3) is 0.364. The Morgan fingerprint density at radius 1 is 1.29 bits per heavy atom. The Bertz CT molecular complexity index is 478. The zero-order valence-corrected chi connectivity index (χ0v) is 10.1. The van der Waals surface area contributed by atoms with E-state index in [1.807, 2.05) is 0 Å². The SMILES string of the molecule is O=C(O)C1(c2cc(Br)cc(C(F)(F)F)c2)CC1. The van der Waals surface area contributed by atoms with Gasteiger partial charge in [-0.15, -0.1) is 0 Å². The van der Waals surface area contributed by atoms with Crippen molar-refractivity contribution in [1.82, 2.24) is 0 Å². The van der Waals surface area contributed by atoms with Crippen LogP contribution in [-0.2, 0) is 16.4 Å². The zero-order valence-electron chi connectivity index (χ0n) is 8.51. The minimum atomic E-state index is -4.47. The Kier molecular flexibility index (Phi) is 2.72. The fourth-order valence-corrected chi connectivity index (χ4v) is 2.27. The van der Waals surface area contributed by atoms with Gasteiger partial charge in [0.2, 0.25) is 0 Å². The summed E-state index contributed by atoms with van der Waals surface area (Å²) in [4.78, 5) is 11.1. The topological polar surface area (TPSA) is 37.3 Å². The molecule has 0 aromatic heterocycles. The molecule has 0 spiro atoms. The van der Waals surface area contributed by atoms with E-state index in [1.165, 1.54) is 6.07 Å². The van der Waals surface area contributed by atoms with E-state index >= 15 is 0 Å². The average Bonchev–Trinajstić information content (AvgIpc) is 2.95. The normalized spacial score (nSPS) is 17.9. The van der Waals surface area contributed by atoms with E-state index in [1.54, 1.807) is 0 Å². The number of hydrogen-bond acceptors (Lipinski definition) is 1. The smallest absolute Gasteiger partial charge is 0.416 e. The molecular formula is C11H8BrF3O2. The maximum absolute atomic E-state index is 12.6. The van der Waals surface area contributed by atoms with Crippen LogP contribution < -0.4 is 0 Å². The molecule has 0 saturated heterocycles. The molecule has 17 heavy (non-hydrogen) atoms. The summed E-state index contributed by atoms with van der Waals surface area (Å²) in [5.41, 5.74) is -1.73. The first-order valence-corrected chi connectivity index (χ1v) is 5.67. The monoisotopic (exact) mass is 308 g/mol. The number of hydrogen-bond donors (Lipinski definition) is 1. The minimum absolute atomic E-state index is 0.215. The van der Waals surface area contributed by atoms with Gasteiger partial charge in [-0.3, -0.25) is 4.79 Å².